The van der Waals surface area contributed by atoms with Crippen molar-refractivity contribution in [1.82, 2.24) is 20.1 Å². The molecule has 20 heavy (non-hydrogen) atoms. The highest BCUT2D eigenvalue weighted by Gasteiger charge is 2.08. The lowest BCUT2D eigenvalue weighted by Gasteiger charge is -2.10. The van der Waals surface area contributed by atoms with Crippen LogP contribution in [-0.4, -0.2) is 21.3 Å². The van der Waals surface area contributed by atoms with E-state index in [0.29, 0.717) is 24.0 Å². The van der Waals surface area contributed by atoms with Crippen LogP contribution in [0.2, 0.25) is 5.02 Å². The van der Waals surface area contributed by atoms with E-state index in [4.69, 9.17) is 11.6 Å². The summed E-state index contributed by atoms with van der Waals surface area (Å²) in [6.07, 6.45) is 1.52. The summed E-state index contributed by atoms with van der Waals surface area (Å²) in [5.74, 6) is 1.08. The van der Waals surface area contributed by atoms with Crippen LogP contribution in [0.3, 0.4) is 0 Å². The zero-order chi connectivity index (χ0) is 14.5. The van der Waals surface area contributed by atoms with Crippen molar-refractivity contribution in [3.8, 4) is 0 Å². The number of hydrogen-bond acceptors (Lipinski definition) is 3. The van der Waals surface area contributed by atoms with E-state index in [0.717, 1.165) is 17.9 Å². The maximum atomic E-state index is 13.0. The van der Waals surface area contributed by atoms with Gasteiger partial charge in [0.25, 0.3) is 0 Å². The number of halogens is 2. The van der Waals surface area contributed by atoms with E-state index in [1.807, 2.05) is 0 Å². The van der Waals surface area contributed by atoms with E-state index in [1.165, 1.54) is 18.5 Å². The van der Waals surface area contributed by atoms with Gasteiger partial charge in [0.2, 0.25) is 0 Å². The van der Waals surface area contributed by atoms with Gasteiger partial charge in [0.1, 0.15) is 18.0 Å². The number of benzene rings is 1. The molecule has 0 radical (unpaired) electrons. The Bertz CT molecular complexity index is 568. The summed E-state index contributed by atoms with van der Waals surface area (Å²) >= 11 is 6.03. The molecular formula is C14H18ClFN4. The Labute approximate surface area is 123 Å². The van der Waals surface area contributed by atoms with Crippen molar-refractivity contribution < 1.29 is 4.39 Å². The van der Waals surface area contributed by atoms with Crippen LogP contribution in [0.5, 0.6) is 0 Å². The number of nitrogens with zero attached hydrogens (tertiary/aromatic N) is 3. The van der Waals surface area contributed by atoms with E-state index in [2.05, 4.69) is 29.2 Å². The second-order valence-corrected chi connectivity index (χ2v) is 5.50. The van der Waals surface area contributed by atoms with Crippen LogP contribution in [-0.2, 0) is 13.1 Å². The van der Waals surface area contributed by atoms with Crippen molar-refractivity contribution in [2.24, 2.45) is 5.92 Å². The summed E-state index contributed by atoms with van der Waals surface area (Å²) < 4.78 is 14.8. The molecule has 0 aliphatic rings. The molecular weight excluding hydrogens is 279 g/mol. The molecule has 0 atom stereocenters. The average molecular weight is 297 g/mol. The Morgan fingerprint density at radius 3 is 2.90 bits per heavy atom. The van der Waals surface area contributed by atoms with E-state index >= 15 is 0 Å². The molecule has 2 rings (SSSR count). The number of nitrogens with one attached hydrogen (secondary N) is 1. The van der Waals surface area contributed by atoms with Crippen LogP contribution in [0.25, 0.3) is 0 Å². The van der Waals surface area contributed by atoms with Crippen LogP contribution < -0.4 is 5.32 Å². The van der Waals surface area contributed by atoms with Crippen LogP contribution in [0.1, 0.15) is 25.2 Å². The van der Waals surface area contributed by atoms with Gasteiger partial charge in [-0.25, -0.2) is 14.1 Å². The minimum absolute atomic E-state index is 0.337. The molecule has 1 aromatic heterocycles. The Balaban J connectivity index is 2.04. The Morgan fingerprint density at radius 2 is 2.20 bits per heavy atom. The number of aromatic nitrogens is 3. The first kappa shape index (κ1) is 14.9. The van der Waals surface area contributed by atoms with Crippen molar-refractivity contribution in [2.45, 2.75) is 26.9 Å². The lowest BCUT2D eigenvalue weighted by atomic mass is 10.2. The van der Waals surface area contributed by atoms with Crippen LogP contribution >= 0.6 is 11.6 Å². The fourth-order valence-electron chi connectivity index (χ4n) is 1.84. The maximum absolute atomic E-state index is 13.0. The van der Waals surface area contributed by atoms with Crippen molar-refractivity contribution in [3.05, 3.63) is 46.8 Å². The first-order valence-corrected chi connectivity index (χ1v) is 6.95. The van der Waals surface area contributed by atoms with Crippen LogP contribution in [0.4, 0.5) is 4.39 Å². The summed E-state index contributed by atoms with van der Waals surface area (Å²) in [6, 6.07) is 4.38. The normalized spacial score (nSPS) is 11.2. The first-order chi connectivity index (χ1) is 9.56. The van der Waals surface area contributed by atoms with Crippen LogP contribution in [0, 0.1) is 11.7 Å². The molecule has 0 unspecified atom stereocenters. The van der Waals surface area contributed by atoms with Gasteiger partial charge < -0.3 is 5.32 Å². The second kappa shape index (κ2) is 6.81. The minimum atomic E-state index is -0.337. The van der Waals surface area contributed by atoms with Gasteiger partial charge in [0.15, 0.2) is 0 Å². The van der Waals surface area contributed by atoms with Crippen LogP contribution in [0.15, 0.2) is 24.5 Å². The topological polar surface area (TPSA) is 42.7 Å². The Morgan fingerprint density at radius 1 is 1.40 bits per heavy atom. The molecule has 1 heterocycles. The van der Waals surface area contributed by atoms with Gasteiger partial charge in [0, 0.05) is 5.02 Å². The van der Waals surface area contributed by atoms with Gasteiger partial charge in [-0.1, -0.05) is 31.5 Å². The molecule has 2 aromatic rings. The molecule has 108 valence electrons. The third-order valence-electron chi connectivity index (χ3n) is 2.87. The molecule has 0 saturated carbocycles. The second-order valence-electron chi connectivity index (χ2n) is 5.09. The average Bonchev–Trinajstić information content (AvgIpc) is 2.80. The third-order valence-corrected chi connectivity index (χ3v) is 3.22. The highest BCUT2D eigenvalue weighted by atomic mass is 35.5. The highest BCUT2D eigenvalue weighted by Crippen LogP contribution is 2.18. The largest absolute Gasteiger partial charge is 0.310 e. The van der Waals surface area contributed by atoms with E-state index in [-0.39, 0.29) is 5.82 Å². The fourth-order valence-corrected chi connectivity index (χ4v) is 2.07. The summed E-state index contributed by atoms with van der Waals surface area (Å²) in [6.45, 7) is 6.35. The van der Waals surface area contributed by atoms with E-state index in [9.17, 15) is 4.39 Å². The molecule has 4 nitrogen and oxygen atoms in total. The van der Waals surface area contributed by atoms with E-state index < -0.39 is 0 Å². The van der Waals surface area contributed by atoms with Gasteiger partial charge in [-0.15, -0.1) is 0 Å². The predicted octanol–water partition coefficient (Wildman–Crippen LogP) is 2.86. The standard InChI is InChI=1S/C14H18ClFN4/c1-10(2)6-17-7-14-18-9-19-20(14)8-11-3-4-12(16)5-13(11)15/h3-5,9-10,17H,6-8H2,1-2H3. The molecule has 0 aliphatic carbocycles. The monoisotopic (exact) mass is 296 g/mol. The van der Waals surface area contributed by atoms with Crippen molar-refractivity contribution in [1.29, 1.82) is 0 Å². The molecule has 0 saturated heterocycles. The molecule has 0 aliphatic heterocycles. The molecule has 0 bridgehead atoms. The highest BCUT2D eigenvalue weighted by molar-refractivity contribution is 6.31. The fraction of sp³-hybridized carbons (Fsp3) is 0.429. The minimum Gasteiger partial charge on any atom is -0.310 e. The van der Waals surface area contributed by atoms with E-state index in [1.54, 1.807) is 10.7 Å². The summed E-state index contributed by atoms with van der Waals surface area (Å²) in [7, 11) is 0. The van der Waals surface area contributed by atoms with Crippen molar-refractivity contribution >= 4 is 11.6 Å². The molecule has 0 fully saturated rings. The van der Waals surface area contributed by atoms with Gasteiger partial charge in [-0.3, -0.25) is 0 Å². The summed E-state index contributed by atoms with van der Waals surface area (Å²) in [4.78, 5) is 4.23. The summed E-state index contributed by atoms with van der Waals surface area (Å²) in [5.41, 5.74) is 0.823. The molecule has 1 aromatic carbocycles. The summed E-state index contributed by atoms with van der Waals surface area (Å²) in [5, 5.41) is 7.91. The molecule has 6 heteroatoms. The lowest BCUT2D eigenvalue weighted by Crippen LogP contribution is -2.22. The van der Waals surface area contributed by atoms with Crippen molar-refractivity contribution in [3.63, 3.8) is 0 Å². The quantitative estimate of drug-likeness (QED) is 0.891. The number of rotatable bonds is 6. The smallest absolute Gasteiger partial charge is 0.141 e. The maximum Gasteiger partial charge on any atom is 0.141 e. The number of hydrogen-bond donors (Lipinski definition) is 1. The van der Waals surface area contributed by atoms with Crippen molar-refractivity contribution in [2.75, 3.05) is 6.54 Å². The van der Waals surface area contributed by atoms with Gasteiger partial charge in [-0.2, -0.15) is 5.10 Å². The Hall–Kier alpha value is -1.46. The third kappa shape index (κ3) is 4.02. The van der Waals surface area contributed by atoms with Gasteiger partial charge in [0.05, 0.1) is 13.1 Å². The molecule has 0 spiro atoms. The Kier molecular flexibility index (Phi) is 5.09. The molecule has 1 N–H and O–H groups in total. The van der Waals surface area contributed by atoms with Gasteiger partial charge in [-0.05, 0) is 30.2 Å². The van der Waals surface area contributed by atoms with Gasteiger partial charge >= 0.3 is 0 Å². The first-order valence-electron chi connectivity index (χ1n) is 6.57. The zero-order valence-electron chi connectivity index (χ0n) is 11.6. The zero-order valence-corrected chi connectivity index (χ0v) is 12.4. The SMILES string of the molecule is CC(C)CNCc1ncnn1Cc1ccc(F)cc1Cl. The molecule has 0 amide bonds. The predicted molar refractivity (Wildman–Crippen MR) is 77.1 cm³/mol. The lowest BCUT2D eigenvalue weighted by molar-refractivity contribution is 0.523.